The van der Waals surface area contributed by atoms with Gasteiger partial charge in [-0.3, -0.25) is 10.1 Å². The molecular formula is C13H19N3O3. The summed E-state index contributed by atoms with van der Waals surface area (Å²) in [6.45, 7) is 4.37. The van der Waals surface area contributed by atoms with E-state index in [4.69, 9.17) is 0 Å². The Hall–Kier alpha value is -1.66. The first kappa shape index (κ1) is 13.8. The molecule has 0 aromatic heterocycles. The zero-order valence-electron chi connectivity index (χ0n) is 11.0. The third-order valence-corrected chi connectivity index (χ3v) is 3.53. The molecule has 19 heavy (non-hydrogen) atoms. The fraction of sp³-hybridized carbons (Fsp3) is 0.538. The molecule has 0 bridgehead atoms. The minimum atomic E-state index is -0.343. The van der Waals surface area contributed by atoms with E-state index in [9.17, 15) is 15.2 Å². The second kappa shape index (κ2) is 5.99. The topological polar surface area (TPSA) is 78.6 Å². The summed E-state index contributed by atoms with van der Waals surface area (Å²) in [5.41, 5.74) is 1.85. The van der Waals surface area contributed by atoms with Crippen LogP contribution in [0.3, 0.4) is 0 Å². The quantitative estimate of drug-likeness (QED) is 0.625. The summed E-state index contributed by atoms with van der Waals surface area (Å²) >= 11 is 0. The molecule has 0 radical (unpaired) electrons. The molecule has 1 aromatic rings. The molecule has 2 N–H and O–H groups in total. The van der Waals surface area contributed by atoms with E-state index in [2.05, 4.69) is 10.2 Å². The van der Waals surface area contributed by atoms with Gasteiger partial charge in [-0.1, -0.05) is 6.92 Å². The van der Waals surface area contributed by atoms with Gasteiger partial charge in [0.1, 0.15) is 0 Å². The Bertz CT molecular complexity index is 464. The van der Waals surface area contributed by atoms with Crippen molar-refractivity contribution in [2.24, 2.45) is 0 Å². The van der Waals surface area contributed by atoms with Crippen LogP contribution in [0.4, 0.5) is 11.4 Å². The van der Waals surface area contributed by atoms with Crippen LogP contribution >= 0.6 is 0 Å². The molecular weight excluding hydrogens is 246 g/mol. The second-order valence-electron chi connectivity index (χ2n) is 4.66. The van der Waals surface area contributed by atoms with Gasteiger partial charge < -0.3 is 15.3 Å². The average Bonchev–Trinajstić information content (AvgIpc) is 2.46. The normalized spacial score (nSPS) is 19.5. The largest absolute Gasteiger partial charge is 0.394 e. The molecule has 1 fully saturated rings. The first-order valence-corrected chi connectivity index (χ1v) is 6.53. The van der Waals surface area contributed by atoms with Gasteiger partial charge in [0.15, 0.2) is 0 Å². The molecule has 2 rings (SSSR count). The Morgan fingerprint density at radius 1 is 1.58 bits per heavy atom. The van der Waals surface area contributed by atoms with E-state index in [0.717, 1.165) is 30.9 Å². The van der Waals surface area contributed by atoms with E-state index in [1.165, 1.54) is 0 Å². The number of aliphatic hydroxyl groups is 1. The van der Waals surface area contributed by atoms with E-state index in [1.807, 2.05) is 13.0 Å². The molecule has 104 valence electrons. The average molecular weight is 265 g/mol. The monoisotopic (exact) mass is 265 g/mol. The summed E-state index contributed by atoms with van der Waals surface area (Å²) < 4.78 is 0. The Morgan fingerprint density at radius 2 is 2.37 bits per heavy atom. The number of aliphatic hydroxyl groups excluding tert-OH is 1. The molecule has 1 atom stereocenters. The summed E-state index contributed by atoms with van der Waals surface area (Å²) in [6.07, 6.45) is 0.625. The highest BCUT2D eigenvalue weighted by Crippen LogP contribution is 2.27. The van der Waals surface area contributed by atoms with Gasteiger partial charge in [0, 0.05) is 37.0 Å². The molecule has 1 aromatic carbocycles. The Kier molecular flexibility index (Phi) is 4.34. The number of nitrogens with one attached hydrogen (secondary N) is 1. The van der Waals surface area contributed by atoms with Gasteiger partial charge in [0.05, 0.1) is 17.6 Å². The van der Waals surface area contributed by atoms with Crippen molar-refractivity contribution in [3.05, 3.63) is 33.9 Å². The Balaban J connectivity index is 2.31. The summed E-state index contributed by atoms with van der Waals surface area (Å²) in [5.74, 6) is 0. The lowest BCUT2D eigenvalue weighted by atomic mass is 10.1. The Labute approximate surface area is 112 Å². The molecule has 6 nitrogen and oxygen atoms in total. The first-order valence-electron chi connectivity index (χ1n) is 6.53. The maximum atomic E-state index is 10.9. The van der Waals surface area contributed by atoms with Crippen molar-refractivity contribution in [3.63, 3.8) is 0 Å². The van der Waals surface area contributed by atoms with Gasteiger partial charge in [-0.05, 0) is 18.6 Å². The number of nitro benzene ring substituents is 1. The van der Waals surface area contributed by atoms with Crippen LogP contribution in [-0.4, -0.2) is 42.3 Å². The zero-order valence-corrected chi connectivity index (χ0v) is 11.0. The number of nitrogens with zero attached hydrogens (tertiary/aromatic N) is 2. The molecule has 1 heterocycles. The van der Waals surface area contributed by atoms with Crippen LogP contribution in [0.2, 0.25) is 0 Å². The Morgan fingerprint density at radius 3 is 3.00 bits per heavy atom. The standard InChI is InChI=1S/C13H19N3O3/c1-2-10-7-11(3-4-13(10)16(18)19)15-6-5-14-8-12(15)9-17/h3-4,7,12,14,17H,2,5-6,8-9H2,1H3. The van der Waals surface area contributed by atoms with Crippen molar-refractivity contribution in [3.8, 4) is 0 Å². The minimum Gasteiger partial charge on any atom is -0.394 e. The fourth-order valence-electron chi connectivity index (χ4n) is 2.48. The second-order valence-corrected chi connectivity index (χ2v) is 4.66. The summed E-state index contributed by atoms with van der Waals surface area (Å²) in [7, 11) is 0. The van der Waals surface area contributed by atoms with Crippen LogP contribution in [-0.2, 0) is 6.42 Å². The molecule has 1 saturated heterocycles. The van der Waals surface area contributed by atoms with Gasteiger partial charge >= 0.3 is 0 Å². The lowest BCUT2D eigenvalue weighted by molar-refractivity contribution is -0.385. The number of aryl methyl sites for hydroxylation is 1. The smallest absolute Gasteiger partial charge is 0.272 e. The van der Waals surface area contributed by atoms with Gasteiger partial charge in [0.25, 0.3) is 5.69 Å². The van der Waals surface area contributed by atoms with Gasteiger partial charge in [-0.2, -0.15) is 0 Å². The molecule has 1 aliphatic heterocycles. The lowest BCUT2D eigenvalue weighted by Crippen LogP contribution is -2.53. The summed E-state index contributed by atoms with van der Waals surface area (Å²) in [4.78, 5) is 12.7. The summed E-state index contributed by atoms with van der Waals surface area (Å²) in [5, 5.41) is 23.6. The van der Waals surface area contributed by atoms with Gasteiger partial charge in [-0.15, -0.1) is 0 Å². The maximum absolute atomic E-state index is 10.9. The molecule has 1 unspecified atom stereocenters. The molecule has 0 aliphatic carbocycles. The highest BCUT2D eigenvalue weighted by Gasteiger charge is 2.23. The fourth-order valence-corrected chi connectivity index (χ4v) is 2.48. The van der Waals surface area contributed by atoms with Crippen molar-refractivity contribution in [1.29, 1.82) is 0 Å². The maximum Gasteiger partial charge on any atom is 0.272 e. The van der Waals surface area contributed by atoms with Gasteiger partial charge in [0.2, 0.25) is 0 Å². The third-order valence-electron chi connectivity index (χ3n) is 3.53. The van der Waals surface area contributed by atoms with E-state index in [0.29, 0.717) is 6.42 Å². The highest BCUT2D eigenvalue weighted by molar-refractivity contribution is 5.56. The number of hydrogen-bond acceptors (Lipinski definition) is 5. The first-order chi connectivity index (χ1) is 9.17. The number of benzene rings is 1. The van der Waals surface area contributed by atoms with Crippen molar-refractivity contribution in [2.75, 3.05) is 31.1 Å². The van der Waals surface area contributed by atoms with Crippen LogP contribution < -0.4 is 10.2 Å². The predicted molar refractivity (Wildman–Crippen MR) is 73.6 cm³/mol. The highest BCUT2D eigenvalue weighted by atomic mass is 16.6. The number of hydrogen-bond donors (Lipinski definition) is 2. The minimum absolute atomic E-state index is 0.0277. The van der Waals surface area contributed by atoms with Crippen molar-refractivity contribution in [1.82, 2.24) is 5.32 Å². The predicted octanol–water partition coefficient (Wildman–Crippen LogP) is 0.928. The zero-order chi connectivity index (χ0) is 13.8. The third kappa shape index (κ3) is 2.85. The van der Waals surface area contributed by atoms with Gasteiger partial charge in [-0.25, -0.2) is 0 Å². The summed E-state index contributed by atoms with van der Waals surface area (Å²) in [6, 6.07) is 5.22. The molecule has 0 amide bonds. The lowest BCUT2D eigenvalue weighted by Gasteiger charge is -2.37. The van der Waals surface area contributed by atoms with E-state index >= 15 is 0 Å². The SMILES string of the molecule is CCc1cc(N2CCNCC2CO)ccc1[N+](=O)[O-]. The van der Waals surface area contributed by atoms with E-state index in [1.54, 1.807) is 12.1 Å². The van der Waals surface area contributed by atoms with Crippen LogP contribution in [0.25, 0.3) is 0 Å². The molecule has 1 aliphatic rings. The van der Waals surface area contributed by atoms with E-state index in [-0.39, 0.29) is 23.3 Å². The van der Waals surface area contributed by atoms with Crippen LogP contribution in [0.5, 0.6) is 0 Å². The number of nitro groups is 1. The van der Waals surface area contributed by atoms with Crippen LogP contribution in [0.1, 0.15) is 12.5 Å². The van der Waals surface area contributed by atoms with E-state index < -0.39 is 0 Å². The number of anilines is 1. The van der Waals surface area contributed by atoms with Crippen LogP contribution in [0.15, 0.2) is 18.2 Å². The number of rotatable bonds is 4. The van der Waals surface area contributed by atoms with Crippen molar-refractivity contribution < 1.29 is 10.0 Å². The molecule has 0 saturated carbocycles. The van der Waals surface area contributed by atoms with Crippen molar-refractivity contribution in [2.45, 2.75) is 19.4 Å². The molecule has 0 spiro atoms. The van der Waals surface area contributed by atoms with Crippen molar-refractivity contribution >= 4 is 11.4 Å². The molecule has 6 heteroatoms. The number of piperazine rings is 1. The van der Waals surface area contributed by atoms with Crippen LogP contribution in [0, 0.1) is 10.1 Å².